The van der Waals surface area contributed by atoms with Crippen LogP contribution in [0.25, 0.3) is 168 Å². The van der Waals surface area contributed by atoms with Crippen LogP contribution in [-0.2, 0) is 42.1 Å². The third-order valence-electron chi connectivity index (χ3n) is 25.4. The van der Waals surface area contributed by atoms with Gasteiger partial charge in [0.05, 0.1) is 44.6 Å². The third-order valence-corrected chi connectivity index (χ3v) is 25.4. The SMILES string of the molecule is [2H]C([2H])([2H])c1cc(-c2cc(C(C)C)cc(C([2H])(C)C)c2)ccc1-n1c(-c2cc(C(C)C)cc(C(C)C)c2O)nc2c(-c3[c-]c(-c4cc(-c5ccc(C)cc5)ccn4)cc(-c4ccccc4)c3)cccc21.[2H]C([2H])([2H])c1cc(-c2cc(C(C)C)cc(C([2H])(C)C)c2)ccc1-n1c(-c2cc(C(C)C)cc(C(C)C)c2O)nc2c(-c3[c-]c(-c4cc(-c5ccccc5)ccn4)cc(-c4ccccc4)c3)cccc21.[Pt].[Pt]. The molecule has 2 N–H and O–H groups in total. The van der Waals surface area contributed by atoms with Gasteiger partial charge in [0.25, 0.3) is 0 Å². The summed E-state index contributed by atoms with van der Waals surface area (Å²) >= 11 is 0. The molecule has 0 spiro atoms. The van der Waals surface area contributed by atoms with Crippen molar-refractivity contribution in [2.75, 3.05) is 0 Å². The number of imidazole rings is 2. The molecule has 0 saturated heterocycles. The fourth-order valence-corrected chi connectivity index (χ4v) is 17.6. The van der Waals surface area contributed by atoms with E-state index in [-0.39, 0.29) is 100 Å². The summed E-state index contributed by atoms with van der Waals surface area (Å²) in [5, 5.41) is 24.7. The molecule has 0 saturated carbocycles. The molecule has 4 heterocycles. The first-order valence-corrected chi connectivity index (χ1v) is 45.8. The Morgan fingerprint density at radius 1 is 0.293 bits per heavy atom. The Morgan fingerprint density at radius 2 is 0.624 bits per heavy atom. The fourth-order valence-electron chi connectivity index (χ4n) is 17.6. The number of phenols is 2. The average Bonchev–Trinajstić information content (AvgIpc) is 1.58. The summed E-state index contributed by atoms with van der Waals surface area (Å²) in [5.74, 6) is 0.00118. The van der Waals surface area contributed by atoms with E-state index in [1.54, 1.807) is 12.1 Å². The molecule has 0 unspecified atom stereocenters. The maximum Gasteiger partial charge on any atom is 0.148 e. The second kappa shape index (κ2) is 40.4. The molecule has 0 bridgehead atoms. The molecule has 133 heavy (non-hydrogen) atoms. The van der Waals surface area contributed by atoms with E-state index in [2.05, 4.69) is 236 Å². The maximum atomic E-state index is 12.3. The van der Waals surface area contributed by atoms with Gasteiger partial charge in [-0.05, 0) is 240 Å². The van der Waals surface area contributed by atoms with Gasteiger partial charge in [0, 0.05) is 76.9 Å². The zero-order chi connectivity index (χ0) is 98.7. The molecule has 18 rings (SSSR count). The molecule has 674 valence electrons. The Bertz CT molecular complexity index is 7660. The normalized spacial score (nSPS) is 12.8. The predicted octanol–water partition coefficient (Wildman–Crippen LogP) is 33.8. The number of aromatic hydroxyl groups is 2. The van der Waals surface area contributed by atoms with Gasteiger partial charge in [0.1, 0.15) is 23.1 Å². The number of aromatic nitrogens is 6. The monoisotopic (exact) mass is 2110 g/mol. The second-order valence-electron chi connectivity index (χ2n) is 37.2. The molecular formula is C123H118N6O2Pt2-2. The summed E-state index contributed by atoms with van der Waals surface area (Å²) < 4.78 is 76.3. The van der Waals surface area contributed by atoms with Crippen LogP contribution in [0.15, 0.2) is 310 Å². The van der Waals surface area contributed by atoms with E-state index >= 15 is 0 Å². The van der Waals surface area contributed by atoms with E-state index in [4.69, 9.17) is 30.9 Å². The Balaban J connectivity index is 0.000000210. The van der Waals surface area contributed by atoms with E-state index < -0.39 is 25.5 Å². The molecule has 4 aromatic heterocycles. The largest absolute Gasteiger partial charge is 0.507 e. The first-order chi connectivity index (χ1) is 66.1. The summed E-state index contributed by atoms with van der Waals surface area (Å²) in [7, 11) is 0. The van der Waals surface area contributed by atoms with Crippen LogP contribution in [0.4, 0.5) is 0 Å². The number of fused-ring (bicyclic) bond motifs is 2. The zero-order valence-electron chi connectivity index (χ0n) is 86.6. The number of para-hydroxylation sites is 2. The third kappa shape index (κ3) is 19.9. The minimum atomic E-state index is -2.55. The summed E-state index contributed by atoms with van der Waals surface area (Å²) in [6.45, 7) is 29.8. The molecule has 0 fully saturated rings. The van der Waals surface area contributed by atoms with Gasteiger partial charge >= 0.3 is 0 Å². The van der Waals surface area contributed by atoms with E-state index in [9.17, 15) is 10.2 Å². The standard InChI is InChI=1S/C62H60N3O.C61H58N3O.2Pt/c1-37(2)47-28-48(38(3)4)30-51(29-47)45-23-24-58(42(10)27-45)65-59-18-14-17-54(60(59)64-62(65)56-35-49(39(5)6)34-55(40(7)8)61(56)66)52-31-50(43-15-12-11-13-16-43)32-53(33-52)57-36-46(25-26-63-57)44-21-19-41(9)20-22-44;1-37(2)46-28-47(38(3)4)30-50(29-46)44-23-24-57(41(9)27-44)64-58-22-16-21-53(59(58)63-61(64)55-35-48(39(5)6)34-54(40(7)8)60(55)65)51-31-49(43-19-14-11-15-20-43)32-52(33-51)56-36-45(25-26-62-56)42-17-12-10-13-18-42;;/h11-32,34-40,66H,1-10H3;10-32,34-40,65H,1-9H3;;/q2*-1;;/i10D3,37D;9D3,37D;;. The van der Waals surface area contributed by atoms with Crippen molar-refractivity contribution < 1.29 is 63.3 Å². The molecule has 0 aliphatic carbocycles. The van der Waals surface area contributed by atoms with Gasteiger partial charge in [-0.3, -0.25) is 19.1 Å². The van der Waals surface area contributed by atoms with Gasteiger partial charge < -0.3 is 10.2 Å². The molecule has 0 aliphatic heterocycles. The molecule has 14 aromatic carbocycles. The fraction of sp³-hybridized carbons (Fsp3) is 0.220. The van der Waals surface area contributed by atoms with Crippen molar-refractivity contribution in [2.24, 2.45) is 0 Å². The Morgan fingerprint density at radius 3 is 0.985 bits per heavy atom. The number of aryl methyl sites for hydroxylation is 3. The van der Waals surface area contributed by atoms with Crippen LogP contribution in [0.3, 0.4) is 0 Å². The van der Waals surface area contributed by atoms with Gasteiger partial charge in [-0.1, -0.05) is 362 Å². The van der Waals surface area contributed by atoms with Gasteiger partial charge in [-0.15, -0.1) is 47.5 Å². The number of nitrogens with zero attached hydrogens (tertiary/aromatic N) is 6. The maximum absolute atomic E-state index is 12.3. The van der Waals surface area contributed by atoms with Gasteiger partial charge in [0.15, 0.2) is 0 Å². The van der Waals surface area contributed by atoms with E-state index in [0.29, 0.717) is 56.2 Å². The predicted molar refractivity (Wildman–Crippen MR) is 551 cm³/mol. The van der Waals surface area contributed by atoms with Crippen LogP contribution in [0, 0.1) is 32.8 Å². The smallest absolute Gasteiger partial charge is 0.148 e. The molecular weight excluding hydrogens is 1980 g/mol. The number of benzene rings is 14. The zero-order valence-corrected chi connectivity index (χ0v) is 83.2. The van der Waals surface area contributed by atoms with Crippen LogP contribution in [-0.4, -0.2) is 39.3 Å². The molecule has 18 aromatic rings. The number of hydrogen-bond donors (Lipinski definition) is 2. The molecule has 8 nitrogen and oxygen atoms in total. The Hall–Kier alpha value is -12.7. The summed E-state index contributed by atoms with van der Waals surface area (Å²) in [6.07, 6.45) is 3.68. The minimum absolute atomic E-state index is 0. The quantitative estimate of drug-likeness (QED) is 0.0656. The van der Waals surface area contributed by atoms with E-state index in [0.717, 1.165) is 156 Å². The Kier molecular flexibility index (Phi) is 25.7. The van der Waals surface area contributed by atoms with Crippen LogP contribution in [0.2, 0.25) is 0 Å². The van der Waals surface area contributed by atoms with E-state index in [1.807, 2.05) is 201 Å². The summed E-state index contributed by atoms with van der Waals surface area (Å²) in [4.78, 5) is 20.7. The minimum Gasteiger partial charge on any atom is -0.507 e. The van der Waals surface area contributed by atoms with Crippen molar-refractivity contribution in [3.05, 3.63) is 383 Å². The number of hydrogen-bond acceptors (Lipinski definition) is 6. The van der Waals surface area contributed by atoms with Crippen molar-refractivity contribution in [3.8, 4) is 157 Å². The van der Waals surface area contributed by atoms with Crippen molar-refractivity contribution >= 4 is 22.1 Å². The molecule has 0 amide bonds. The molecule has 0 atom stereocenters. The molecule has 10 heteroatoms. The van der Waals surface area contributed by atoms with Gasteiger partial charge in [0.2, 0.25) is 0 Å². The summed E-state index contributed by atoms with van der Waals surface area (Å²) in [6, 6.07) is 107. The average molecular weight is 2110 g/mol. The Labute approximate surface area is 827 Å². The van der Waals surface area contributed by atoms with Crippen LogP contribution >= 0.6 is 0 Å². The number of phenolic OH excluding ortho intramolecular Hbond substituents is 2. The number of pyridine rings is 2. The topological polar surface area (TPSA) is 102 Å². The molecule has 0 radical (unpaired) electrons. The van der Waals surface area contributed by atoms with Crippen molar-refractivity contribution in [2.45, 2.75) is 179 Å². The van der Waals surface area contributed by atoms with Crippen LogP contribution in [0.1, 0.15) is 230 Å². The van der Waals surface area contributed by atoms with Crippen molar-refractivity contribution in [3.63, 3.8) is 0 Å². The first kappa shape index (κ1) is 84.6. The second-order valence-corrected chi connectivity index (χ2v) is 37.2. The van der Waals surface area contributed by atoms with Crippen molar-refractivity contribution in [1.29, 1.82) is 0 Å². The first-order valence-electron chi connectivity index (χ1n) is 49.8. The molecule has 0 aliphatic rings. The summed E-state index contributed by atoms with van der Waals surface area (Å²) in [5.41, 5.74) is 31.3. The number of rotatable bonds is 22. The van der Waals surface area contributed by atoms with Gasteiger partial charge in [-0.25, -0.2) is 9.97 Å². The van der Waals surface area contributed by atoms with Crippen molar-refractivity contribution in [1.82, 2.24) is 29.1 Å². The van der Waals surface area contributed by atoms with E-state index in [1.165, 1.54) is 5.56 Å². The van der Waals surface area contributed by atoms with Crippen LogP contribution in [0.5, 0.6) is 11.5 Å². The van der Waals surface area contributed by atoms with Gasteiger partial charge in [-0.2, -0.15) is 0 Å². The van der Waals surface area contributed by atoms with Crippen LogP contribution < -0.4 is 0 Å².